The van der Waals surface area contributed by atoms with Crippen molar-refractivity contribution in [2.45, 2.75) is 6.92 Å². The van der Waals surface area contributed by atoms with Gasteiger partial charge in [0, 0.05) is 0 Å². The number of nitrogens with zero attached hydrogens (tertiary/aromatic N) is 2. The Morgan fingerprint density at radius 1 is 1.05 bits per heavy atom. The van der Waals surface area contributed by atoms with Gasteiger partial charge in [-0.25, -0.2) is 10.1 Å². The first-order valence-corrected chi connectivity index (χ1v) is 6.06. The zero-order valence-corrected chi connectivity index (χ0v) is 11.0. The first-order chi connectivity index (χ1) is 9.74. The number of nitriles is 1. The Morgan fingerprint density at radius 2 is 1.65 bits per heavy atom. The number of ether oxygens (including phenoxy) is 1. The molecule has 96 valence electrons. The van der Waals surface area contributed by atoms with E-state index in [0.717, 1.165) is 11.3 Å². The molecule has 20 heavy (non-hydrogen) atoms. The van der Waals surface area contributed by atoms with Crippen molar-refractivity contribution < 1.29 is 4.74 Å². The second-order valence-corrected chi connectivity index (χ2v) is 4.14. The molecule has 0 aliphatic carbocycles. The van der Waals surface area contributed by atoms with E-state index in [1.807, 2.05) is 60.7 Å². The molecule has 0 unspecified atom stereocenters. The quantitative estimate of drug-likeness (QED) is 0.595. The van der Waals surface area contributed by atoms with Crippen LogP contribution in [0.1, 0.15) is 12.5 Å². The predicted molar refractivity (Wildman–Crippen MR) is 77.8 cm³/mol. The largest absolute Gasteiger partial charge is 0.457 e. The molecule has 0 radical (unpaired) electrons. The standard InChI is InChI=1S/C17H12N2O/c1-13(17(12-18)19-2)14-8-10-16(11-9-14)20-15-6-4-3-5-7-15/h3-11H,1H3/b17-13-. The minimum absolute atomic E-state index is 0.113. The maximum absolute atomic E-state index is 8.86. The molecule has 0 aliphatic heterocycles. The second kappa shape index (κ2) is 6.22. The summed E-state index contributed by atoms with van der Waals surface area (Å²) in [6.45, 7) is 8.72. The Balaban J connectivity index is 2.22. The van der Waals surface area contributed by atoms with Crippen molar-refractivity contribution in [1.29, 1.82) is 5.26 Å². The monoisotopic (exact) mass is 260 g/mol. The molecule has 0 atom stereocenters. The maximum Gasteiger partial charge on any atom is 0.265 e. The van der Waals surface area contributed by atoms with Crippen molar-refractivity contribution >= 4 is 5.57 Å². The van der Waals surface area contributed by atoms with Gasteiger partial charge in [-0.05, 0) is 42.3 Å². The van der Waals surface area contributed by atoms with Crippen molar-refractivity contribution in [1.82, 2.24) is 0 Å². The molecular weight excluding hydrogens is 248 g/mol. The average Bonchev–Trinajstić information content (AvgIpc) is 2.50. The lowest BCUT2D eigenvalue weighted by atomic mass is 10.1. The Bertz CT molecular complexity index is 685. The van der Waals surface area contributed by atoms with Crippen LogP contribution in [-0.4, -0.2) is 0 Å². The Hall–Kier alpha value is -3.04. The number of para-hydroxylation sites is 1. The highest BCUT2D eigenvalue weighted by Gasteiger charge is 2.04. The van der Waals surface area contributed by atoms with E-state index >= 15 is 0 Å². The Kier molecular flexibility index (Phi) is 4.17. The van der Waals surface area contributed by atoms with E-state index in [1.54, 1.807) is 6.92 Å². The van der Waals surface area contributed by atoms with E-state index in [2.05, 4.69) is 4.85 Å². The third-order valence-corrected chi connectivity index (χ3v) is 2.84. The fourth-order valence-corrected chi connectivity index (χ4v) is 1.73. The van der Waals surface area contributed by atoms with Crippen molar-refractivity contribution in [3.8, 4) is 17.6 Å². The molecule has 0 fully saturated rings. The van der Waals surface area contributed by atoms with Crippen LogP contribution in [0.4, 0.5) is 0 Å². The summed E-state index contributed by atoms with van der Waals surface area (Å²) in [5.74, 6) is 1.49. The number of benzene rings is 2. The molecule has 0 bridgehead atoms. The summed E-state index contributed by atoms with van der Waals surface area (Å²) >= 11 is 0. The zero-order valence-electron chi connectivity index (χ0n) is 11.0. The van der Waals surface area contributed by atoms with Gasteiger partial charge in [0.2, 0.25) is 0 Å². The third kappa shape index (κ3) is 3.04. The normalized spacial score (nSPS) is 10.9. The summed E-state index contributed by atoms with van der Waals surface area (Å²) in [6.07, 6.45) is 0. The lowest BCUT2D eigenvalue weighted by molar-refractivity contribution is 0.482. The summed E-state index contributed by atoms with van der Waals surface area (Å²) < 4.78 is 5.68. The van der Waals surface area contributed by atoms with Gasteiger partial charge in [-0.1, -0.05) is 30.3 Å². The van der Waals surface area contributed by atoms with Crippen LogP contribution in [0.3, 0.4) is 0 Å². The van der Waals surface area contributed by atoms with Crippen molar-refractivity contribution in [2.75, 3.05) is 0 Å². The van der Waals surface area contributed by atoms with Gasteiger partial charge in [-0.2, -0.15) is 0 Å². The second-order valence-electron chi connectivity index (χ2n) is 4.14. The summed E-state index contributed by atoms with van der Waals surface area (Å²) in [4.78, 5) is 3.21. The first kappa shape index (κ1) is 13.4. The molecule has 0 amide bonds. The molecule has 3 heteroatoms. The van der Waals surface area contributed by atoms with E-state index in [1.165, 1.54) is 0 Å². The fourth-order valence-electron chi connectivity index (χ4n) is 1.73. The molecular formula is C17H12N2O. The summed E-state index contributed by atoms with van der Waals surface area (Å²) in [5, 5.41) is 8.86. The molecule has 2 aromatic rings. The maximum atomic E-state index is 8.86. The van der Waals surface area contributed by atoms with Gasteiger partial charge in [-0.15, -0.1) is 0 Å². The van der Waals surface area contributed by atoms with Gasteiger partial charge in [-0.3, -0.25) is 0 Å². The van der Waals surface area contributed by atoms with Gasteiger partial charge in [0.05, 0.1) is 12.6 Å². The molecule has 0 saturated carbocycles. The predicted octanol–water partition coefficient (Wildman–Crippen LogP) is 4.65. The van der Waals surface area contributed by atoms with Gasteiger partial charge in [0.1, 0.15) is 11.5 Å². The topological polar surface area (TPSA) is 37.4 Å². The van der Waals surface area contributed by atoms with Crippen LogP contribution in [0, 0.1) is 17.9 Å². The zero-order chi connectivity index (χ0) is 14.4. The van der Waals surface area contributed by atoms with Crippen molar-refractivity contribution in [3.05, 3.63) is 77.3 Å². The van der Waals surface area contributed by atoms with Gasteiger partial charge in [0.15, 0.2) is 0 Å². The lowest BCUT2D eigenvalue weighted by Gasteiger charge is -2.07. The summed E-state index contributed by atoms with van der Waals surface area (Å²) in [7, 11) is 0. The highest BCUT2D eigenvalue weighted by molar-refractivity contribution is 5.71. The molecule has 2 aromatic carbocycles. The lowest BCUT2D eigenvalue weighted by Crippen LogP contribution is -1.86. The molecule has 2 rings (SSSR count). The summed E-state index contributed by atoms with van der Waals surface area (Å²) in [5.41, 5.74) is 1.63. The van der Waals surface area contributed by atoms with Gasteiger partial charge in [0.25, 0.3) is 5.70 Å². The Morgan fingerprint density at radius 3 is 2.20 bits per heavy atom. The van der Waals surface area contributed by atoms with Crippen LogP contribution >= 0.6 is 0 Å². The minimum atomic E-state index is 0.113. The van der Waals surface area contributed by atoms with E-state index in [0.29, 0.717) is 11.3 Å². The summed E-state index contributed by atoms with van der Waals surface area (Å²) in [6, 6.07) is 18.7. The van der Waals surface area contributed by atoms with Crippen molar-refractivity contribution in [2.24, 2.45) is 0 Å². The van der Waals surface area contributed by atoms with Crippen LogP contribution < -0.4 is 4.74 Å². The number of rotatable bonds is 3. The molecule has 0 saturated heterocycles. The van der Waals surface area contributed by atoms with Crippen LogP contribution in [0.5, 0.6) is 11.5 Å². The van der Waals surface area contributed by atoms with Crippen LogP contribution in [0.2, 0.25) is 0 Å². The molecule has 0 aliphatic rings. The van der Waals surface area contributed by atoms with Crippen LogP contribution in [0.15, 0.2) is 60.3 Å². The SMILES string of the molecule is [C-]#[N+]/C(C#N)=C(/C)c1ccc(Oc2ccccc2)cc1. The molecule has 0 N–H and O–H groups in total. The smallest absolute Gasteiger partial charge is 0.265 e. The van der Waals surface area contributed by atoms with Crippen molar-refractivity contribution in [3.63, 3.8) is 0 Å². The molecule has 3 nitrogen and oxygen atoms in total. The highest BCUT2D eigenvalue weighted by Crippen LogP contribution is 2.25. The third-order valence-electron chi connectivity index (χ3n) is 2.84. The number of allylic oxidation sites excluding steroid dienone is 2. The van der Waals surface area contributed by atoms with E-state index < -0.39 is 0 Å². The highest BCUT2D eigenvalue weighted by atomic mass is 16.5. The molecule has 0 heterocycles. The van der Waals surface area contributed by atoms with Crippen LogP contribution in [0.25, 0.3) is 10.4 Å². The number of hydrogen-bond acceptors (Lipinski definition) is 2. The van der Waals surface area contributed by atoms with Crippen LogP contribution in [-0.2, 0) is 0 Å². The van der Waals surface area contributed by atoms with E-state index in [4.69, 9.17) is 16.6 Å². The van der Waals surface area contributed by atoms with Gasteiger partial charge >= 0.3 is 0 Å². The first-order valence-electron chi connectivity index (χ1n) is 6.06. The fraction of sp³-hybridized carbons (Fsp3) is 0.0588. The minimum Gasteiger partial charge on any atom is -0.457 e. The number of hydrogen-bond donors (Lipinski definition) is 0. The van der Waals surface area contributed by atoms with E-state index in [-0.39, 0.29) is 5.70 Å². The van der Waals surface area contributed by atoms with Gasteiger partial charge < -0.3 is 4.74 Å². The van der Waals surface area contributed by atoms with E-state index in [9.17, 15) is 0 Å². The molecule has 0 aromatic heterocycles. The average molecular weight is 260 g/mol. The molecule has 0 spiro atoms. The Labute approximate surface area is 118 Å².